The maximum Gasteiger partial charge on any atom is 0.351 e. The second-order valence-electron chi connectivity index (χ2n) is 11.5. The summed E-state index contributed by atoms with van der Waals surface area (Å²) in [5.41, 5.74) is 5.70. The minimum Gasteiger partial charge on any atom is -0.497 e. The van der Waals surface area contributed by atoms with Gasteiger partial charge in [0.25, 0.3) is 0 Å². The zero-order chi connectivity index (χ0) is 34.4. The monoisotopic (exact) mass is 663 g/mol. The van der Waals surface area contributed by atoms with Crippen molar-refractivity contribution in [3.63, 3.8) is 0 Å². The molecule has 11 nitrogen and oxygen atoms in total. The number of hydrogen-bond acceptors (Lipinski definition) is 10. The Hall–Kier alpha value is -5.49. The highest BCUT2D eigenvalue weighted by Gasteiger charge is 2.49. The van der Waals surface area contributed by atoms with E-state index < -0.39 is 41.6 Å². The topological polar surface area (TPSA) is 144 Å². The number of rotatable bonds is 13. The summed E-state index contributed by atoms with van der Waals surface area (Å²) in [5.74, 6) is 1.31. The molecule has 5 aromatic rings. The smallest absolute Gasteiger partial charge is 0.351 e. The molecule has 0 saturated carbocycles. The fourth-order valence-electron chi connectivity index (χ4n) is 6.05. The number of aliphatic hydroxyl groups excluding tert-OH is 1. The average molecular weight is 664 g/mol. The van der Waals surface area contributed by atoms with Gasteiger partial charge in [0.2, 0.25) is 5.78 Å². The molecule has 0 aliphatic carbocycles. The van der Waals surface area contributed by atoms with E-state index in [0.29, 0.717) is 33.9 Å². The predicted octanol–water partition coefficient (Wildman–Crippen LogP) is 4.52. The molecule has 6 rings (SSSR count). The molecule has 11 heteroatoms. The summed E-state index contributed by atoms with van der Waals surface area (Å²) < 4.78 is 31.6. The molecule has 1 saturated heterocycles. The number of nitrogens with two attached hydrogens (primary N) is 1. The van der Waals surface area contributed by atoms with E-state index in [1.807, 2.05) is 84.9 Å². The Labute approximate surface area is 283 Å². The van der Waals surface area contributed by atoms with E-state index in [1.54, 1.807) is 38.5 Å². The number of carbonyl (C=O) groups is 1. The number of methoxy groups -OCH3 is 2. The van der Waals surface area contributed by atoms with E-state index >= 15 is 0 Å². The summed E-state index contributed by atoms with van der Waals surface area (Å²) in [5, 5.41) is 11.5. The van der Waals surface area contributed by atoms with Crippen LogP contribution in [-0.2, 0) is 19.9 Å². The van der Waals surface area contributed by atoms with Crippen molar-refractivity contribution in [3.8, 4) is 17.2 Å². The van der Waals surface area contributed by atoms with Crippen LogP contribution in [0.3, 0.4) is 0 Å². The first-order valence-electron chi connectivity index (χ1n) is 15.7. The number of ketones is 1. The molecular weight excluding hydrogens is 626 g/mol. The molecule has 252 valence electrons. The van der Waals surface area contributed by atoms with Gasteiger partial charge in [0.15, 0.2) is 6.10 Å². The fourth-order valence-corrected chi connectivity index (χ4v) is 6.05. The third-order valence-corrected chi connectivity index (χ3v) is 8.52. The van der Waals surface area contributed by atoms with Crippen molar-refractivity contribution in [3.05, 3.63) is 149 Å². The van der Waals surface area contributed by atoms with Crippen molar-refractivity contribution >= 4 is 11.6 Å². The van der Waals surface area contributed by atoms with Crippen LogP contribution in [0.2, 0.25) is 0 Å². The lowest BCUT2D eigenvalue weighted by Gasteiger charge is -2.40. The highest BCUT2D eigenvalue weighted by Crippen LogP contribution is 2.44. The van der Waals surface area contributed by atoms with Crippen molar-refractivity contribution in [1.29, 1.82) is 0 Å². The maximum absolute atomic E-state index is 14.4. The molecule has 1 aliphatic heterocycles. The minimum atomic E-state index is -1.42. The van der Waals surface area contributed by atoms with Gasteiger partial charge in [0.05, 0.1) is 20.3 Å². The van der Waals surface area contributed by atoms with Gasteiger partial charge in [-0.1, -0.05) is 72.8 Å². The zero-order valence-electron chi connectivity index (χ0n) is 27.0. The molecule has 1 aliphatic rings. The largest absolute Gasteiger partial charge is 0.497 e. The molecule has 3 N–H and O–H groups in total. The molecule has 0 spiro atoms. The number of Topliss-reactive ketones (excluding diaryl/α,β-unsaturated/α-hetero) is 1. The lowest BCUT2D eigenvalue weighted by atomic mass is 9.79. The number of ether oxygens (including phenoxy) is 5. The molecule has 1 unspecified atom stereocenters. The van der Waals surface area contributed by atoms with Gasteiger partial charge in [-0.25, -0.2) is 4.79 Å². The van der Waals surface area contributed by atoms with Gasteiger partial charge in [0.1, 0.15) is 47.6 Å². The fraction of sp³-hybridized carbons (Fsp3) is 0.237. The molecule has 4 atom stereocenters. The third kappa shape index (κ3) is 7.05. The second-order valence-corrected chi connectivity index (χ2v) is 11.5. The van der Waals surface area contributed by atoms with Crippen molar-refractivity contribution < 1.29 is 33.6 Å². The predicted molar refractivity (Wildman–Crippen MR) is 182 cm³/mol. The SMILES string of the molecule is COc1ccc(C(OC(C(=O)COc2ccccc2)[C@H]2O[C@@H](n3ccc(N)nc3=O)C[C@@H]2O)(c2ccccc2)c2ccc(OC)cc2)cc1. The number of benzene rings is 4. The van der Waals surface area contributed by atoms with E-state index in [0.717, 1.165) is 0 Å². The van der Waals surface area contributed by atoms with Crippen molar-refractivity contribution in [2.45, 2.75) is 36.6 Å². The van der Waals surface area contributed by atoms with E-state index in [4.69, 9.17) is 29.4 Å². The van der Waals surface area contributed by atoms with Crippen LogP contribution >= 0.6 is 0 Å². The van der Waals surface area contributed by atoms with Crippen LogP contribution in [0.15, 0.2) is 126 Å². The van der Waals surface area contributed by atoms with Crippen LogP contribution in [0.4, 0.5) is 5.82 Å². The number of hydrogen-bond donors (Lipinski definition) is 2. The lowest BCUT2D eigenvalue weighted by Crippen LogP contribution is -2.50. The van der Waals surface area contributed by atoms with E-state index in [1.165, 1.54) is 16.8 Å². The summed E-state index contributed by atoms with van der Waals surface area (Å²) in [7, 11) is 3.16. The molecule has 1 fully saturated rings. The summed E-state index contributed by atoms with van der Waals surface area (Å²) in [4.78, 5) is 31.0. The highest BCUT2D eigenvalue weighted by molar-refractivity contribution is 5.85. The number of aliphatic hydroxyl groups is 1. The van der Waals surface area contributed by atoms with Gasteiger partial charge < -0.3 is 34.5 Å². The van der Waals surface area contributed by atoms with Crippen LogP contribution in [0.5, 0.6) is 17.2 Å². The molecule has 2 heterocycles. The summed E-state index contributed by atoms with van der Waals surface area (Å²) in [6, 6.07) is 34.6. The number of nitrogens with zero attached hydrogens (tertiary/aromatic N) is 2. The molecule has 0 amide bonds. The third-order valence-electron chi connectivity index (χ3n) is 8.52. The minimum absolute atomic E-state index is 0.00768. The molecular formula is C38H37N3O8. The molecule has 49 heavy (non-hydrogen) atoms. The Balaban J connectivity index is 1.49. The summed E-state index contributed by atoms with van der Waals surface area (Å²) in [6.45, 7) is -0.384. The number of anilines is 1. The lowest BCUT2D eigenvalue weighted by molar-refractivity contribution is -0.167. The van der Waals surface area contributed by atoms with E-state index in [9.17, 15) is 14.7 Å². The normalized spacial score (nSPS) is 18.1. The van der Waals surface area contributed by atoms with Crippen molar-refractivity contribution in [1.82, 2.24) is 9.55 Å². The molecule has 4 aromatic carbocycles. The Morgan fingerprint density at radius 1 is 0.857 bits per heavy atom. The van der Waals surface area contributed by atoms with E-state index in [2.05, 4.69) is 4.98 Å². The van der Waals surface area contributed by atoms with Crippen LogP contribution < -0.4 is 25.6 Å². The number of nitrogen functional groups attached to an aromatic ring is 1. The van der Waals surface area contributed by atoms with Crippen molar-refractivity contribution in [2.75, 3.05) is 26.6 Å². The quantitative estimate of drug-likeness (QED) is 0.173. The first-order chi connectivity index (χ1) is 23.8. The average Bonchev–Trinajstić information content (AvgIpc) is 3.52. The summed E-state index contributed by atoms with van der Waals surface area (Å²) in [6.07, 6.45) is -3.31. The van der Waals surface area contributed by atoms with Gasteiger partial charge in [-0.15, -0.1) is 0 Å². The first-order valence-corrected chi connectivity index (χ1v) is 15.7. The first kappa shape index (κ1) is 33.4. The zero-order valence-corrected chi connectivity index (χ0v) is 27.0. The Morgan fingerprint density at radius 3 is 1.96 bits per heavy atom. The van der Waals surface area contributed by atoms with Gasteiger partial charge >= 0.3 is 5.69 Å². The second kappa shape index (κ2) is 14.7. The van der Waals surface area contributed by atoms with Gasteiger partial charge in [-0.05, 0) is 59.2 Å². The van der Waals surface area contributed by atoms with Gasteiger partial charge in [0, 0.05) is 12.6 Å². The molecule has 0 bridgehead atoms. The van der Waals surface area contributed by atoms with Crippen LogP contribution in [0, 0.1) is 0 Å². The maximum atomic E-state index is 14.4. The highest BCUT2D eigenvalue weighted by atomic mass is 16.6. The van der Waals surface area contributed by atoms with Crippen molar-refractivity contribution in [2.24, 2.45) is 0 Å². The number of aromatic nitrogens is 2. The van der Waals surface area contributed by atoms with Crippen LogP contribution in [0.25, 0.3) is 0 Å². The number of carbonyl (C=O) groups excluding carboxylic acids is 1. The van der Waals surface area contributed by atoms with Crippen LogP contribution in [-0.4, -0.2) is 59.6 Å². The Kier molecular flexibility index (Phi) is 10.0. The Bertz CT molecular complexity index is 1850. The standard InChI is InChI=1S/C38H37N3O8/c1-45-28-17-13-26(14-18-28)38(25-9-5-3-6-10-25,27-15-19-29(46-2)20-16-27)49-36(32(43)24-47-30-11-7-4-8-12-30)35-31(42)23-34(48-35)41-22-21-33(39)40-37(41)44/h3-22,31,34-36,42H,23-24H2,1-2H3,(H2,39,40,44)/t31-,34+,35-,36?/m0/s1. The van der Waals surface area contributed by atoms with E-state index in [-0.39, 0.29) is 18.8 Å². The Morgan fingerprint density at radius 2 is 1.41 bits per heavy atom. The van der Waals surface area contributed by atoms with Gasteiger partial charge in [-0.3, -0.25) is 9.36 Å². The molecule has 0 radical (unpaired) electrons. The van der Waals surface area contributed by atoms with Crippen LogP contribution in [0.1, 0.15) is 29.3 Å². The number of para-hydroxylation sites is 1. The van der Waals surface area contributed by atoms with Gasteiger partial charge in [-0.2, -0.15) is 4.98 Å². The summed E-state index contributed by atoms with van der Waals surface area (Å²) >= 11 is 0. The molecule has 1 aromatic heterocycles.